The van der Waals surface area contributed by atoms with Gasteiger partial charge in [-0.05, 0) is 0 Å². The predicted octanol–water partition coefficient (Wildman–Crippen LogP) is -0.0634. The fraction of sp³-hybridized carbons (Fsp3) is 0.750. The SMILES string of the molecule is COCCN(CCOC)Cc1cn(CCN)cn1. The summed E-state index contributed by atoms with van der Waals surface area (Å²) in [6.07, 6.45) is 3.87. The largest absolute Gasteiger partial charge is 0.383 e. The molecule has 0 bridgehead atoms. The van der Waals surface area contributed by atoms with Crippen molar-refractivity contribution in [2.24, 2.45) is 5.73 Å². The fourth-order valence-corrected chi connectivity index (χ4v) is 1.70. The molecular formula is C12H24N4O2. The van der Waals surface area contributed by atoms with E-state index in [9.17, 15) is 0 Å². The average molecular weight is 256 g/mol. The number of rotatable bonds is 10. The third kappa shape index (κ3) is 5.59. The summed E-state index contributed by atoms with van der Waals surface area (Å²) < 4.78 is 12.2. The molecule has 0 aliphatic carbocycles. The second kappa shape index (κ2) is 9.04. The minimum Gasteiger partial charge on any atom is -0.383 e. The van der Waals surface area contributed by atoms with Crippen molar-refractivity contribution in [3.63, 3.8) is 0 Å². The zero-order valence-electron chi connectivity index (χ0n) is 11.3. The van der Waals surface area contributed by atoms with Gasteiger partial charge in [0.2, 0.25) is 0 Å². The van der Waals surface area contributed by atoms with Gasteiger partial charge in [0.05, 0.1) is 25.2 Å². The van der Waals surface area contributed by atoms with E-state index in [1.807, 2.05) is 17.1 Å². The average Bonchev–Trinajstić information content (AvgIpc) is 2.80. The molecule has 1 aromatic rings. The van der Waals surface area contributed by atoms with Gasteiger partial charge in [0.1, 0.15) is 0 Å². The summed E-state index contributed by atoms with van der Waals surface area (Å²) >= 11 is 0. The highest BCUT2D eigenvalue weighted by molar-refractivity contribution is 4.96. The van der Waals surface area contributed by atoms with E-state index >= 15 is 0 Å². The first-order valence-electron chi connectivity index (χ1n) is 6.21. The van der Waals surface area contributed by atoms with Gasteiger partial charge in [-0.15, -0.1) is 0 Å². The van der Waals surface area contributed by atoms with Crippen molar-refractivity contribution < 1.29 is 9.47 Å². The molecule has 0 aliphatic rings. The Morgan fingerprint density at radius 2 is 1.94 bits per heavy atom. The molecule has 0 unspecified atom stereocenters. The minimum atomic E-state index is 0.632. The minimum absolute atomic E-state index is 0.632. The molecular weight excluding hydrogens is 232 g/mol. The molecule has 1 aromatic heterocycles. The summed E-state index contributed by atoms with van der Waals surface area (Å²) in [5.41, 5.74) is 6.56. The maximum Gasteiger partial charge on any atom is 0.0950 e. The second-order valence-electron chi connectivity index (χ2n) is 4.15. The molecule has 0 saturated heterocycles. The quantitative estimate of drug-likeness (QED) is 0.635. The molecule has 0 atom stereocenters. The molecule has 1 rings (SSSR count). The van der Waals surface area contributed by atoms with Gasteiger partial charge in [-0.2, -0.15) is 0 Å². The number of methoxy groups -OCH3 is 2. The van der Waals surface area contributed by atoms with E-state index in [1.165, 1.54) is 0 Å². The lowest BCUT2D eigenvalue weighted by Crippen LogP contribution is -2.30. The molecule has 0 radical (unpaired) electrons. The van der Waals surface area contributed by atoms with Crippen LogP contribution < -0.4 is 5.73 Å². The van der Waals surface area contributed by atoms with Crippen molar-refractivity contribution in [1.82, 2.24) is 14.5 Å². The van der Waals surface area contributed by atoms with Gasteiger partial charge in [0.25, 0.3) is 0 Å². The first-order chi connectivity index (χ1) is 8.80. The van der Waals surface area contributed by atoms with Gasteiger partial charge in [-0.1, -0.05) is 0 Å². The van der Waals surface area contributed by atoms with Crippen LogP contribution in [-0.4, -0.2) is 61.5 Å². The summed E-state index contributed by atoms with van der Waals surface area (Å²) in [6, 6.07) is 0. The molecule has 0 aromatic carbocycles. The van der Waals surface area contributed by atoms with Gasteiger partial charge >= 0.3 is 0 Å². The molecule has 6 heteroatoms. The first kappa shape index (κ1) is 15.1. The molecule has 6 nitrogen and oxygen atoms in total. The Balaban J connectivity index is 2.46. The van der Waals surface area contributed by atoms with Crippen LogP contribution in [0.5, 0.6) is 0 Å². The Morgan fingerprint density at radius 3 is 2.50 bits per heavy atom. The molecule has 104 valence electrons. The van der Waals surface area contributed by atoms with Crippen LogP contribution in [0.15, 0.2) is 12.5 Å². The number of imidazole rings is 1. The second-order valence-corrected chi connectivity index (χ2v) is 4.15. The van der Waals surface area contributed by atoms with Crippen LogP contribution >= 0.6 is 0 Å². The normalized spacial score (nSPS) is 11.3. The van der Waals surface area contributed by atoms with Crippen LogP contribution in [0.3, 0.4) is 0 Å². The zero-order valence-corrected chi connectivity index (χ0v) is 11.3. The van der Waals surface area contributed by atoms with E-state index in [0.717, 1.165) is 31.9 Å². The summed E-state index contributed by atoms with van der Waals surface area (Å²) in [5, 5.41) is 0. The topological polar surface area (TPSA) is 65.5 Å². The van der Waals surface area contributed by atoms with Crippen LogP contribution in [0.1, 0.15) is 5.69 Å². The summed E-state index contributed by atoms with van der Waals surface area (Å²) in [6.45, 7) is 5.44. The Kier molecular flexibility index (Phi) is 7.59. The van der Waals surface area contributed by atoms with Crippen molar-refractivity contribution in [1.29, 1.82) is 0 Å². The molecule has 18 heavy (non-hydrogen) atoms. The van der Waals surface area contributed by atoms with Crippen LogP contribution in [-0.2, 0) is 22.6 Å². The van der Waals surface area contributed by atoms with Gasteiger partial charge < -0.3 is 19.8 Å². The summed E-state index contributed by atoms with van der Waals surface area (Å²) in [4.78, 5) is 6.64. The van der Waals surface area contributed by atoms with Crippen LogP contribution in [0.4, 0.5) is 0 Å². The third-order valence-electron chi connectivity index (χ3n) is 2.68. The number of hydrogen-bond acceptors (Lipinski definition) is 5. The van der Waals surface area contributed by atoms with E-state index in [1.54, 1.807) is 14.2 Å². The first-order valence-corrected chi connectivity index (χ1v) is 6.21. The zero-order chi connectivity index (χ0) is 13.2. The molecule has 0 fully saturated rings. The summed E-state index contributed by atoms with van der Waals surface area (Å²) in [5.74, 6) is 0. The molecule has 2 N–H and O–H groups in total. The van der Waals surface area contributed by atoms with E-state index in [4.69, 9.17) is 15.2 Å². The van der Waals surface area contributed by atoms with Gasteiger partial charge in [0, 0.05) is 53.1 Å². The molecule has 0 amide bonds. The number of nitrogens with two attached hydrogens (primary N) is 1. The number of ether oxygens (including phenoxy) is 2. The van der Waals surface area contributed by atoms with E-state index in [-0.39, 0.29) is 0 Å². The van der Waals surface area contributed by atoms with Crippen molar-refractivity contribution >= 4 is 0 Å². The van der Waals surface area contributed by atoms with Gasteiger partial charge in [-0.3, -0.25) is 4.90 Å². The standard InChI is InChI=1S/C12H24N4O2/c1-17-7-5-15(6-8-18-2)9-12-10-16(4-3-13)11-14-12/h10-11H,3-9,13H2,1-2H3. The van der Waals surface area contributed by atoms with Gasteiger partial charge in [0.15, 0.2) is 0 Å². The smallest absolute Gasteiger partial charge is 0.0950 e. The van der Waals surface area contributed by atoms with Gasteiger partial charge in [-0.25, -0.2) is 4.98 Å². The Hall–Kier alpha value is -0.950. The maximum absolute atomic E-state index is 5.51. The van der Waals surface area contributed by atoms with Crippen LogP contribution in [0, 0.1) is 0 Å². The lowest BCUT2D eigenvalue weighted by molar-refractivity contribution is 0.109. The highest BCUT2D eigenvalue weighted by Gasteiger charge is 2.07. The lowest BCUT2D eigenvalue weighted by atomic mass is 10.4. The molecule has 1 heterocycles. The molecule has 0 aliphatic heterocycles. The van der Waals surface area contributed by atoms with Crippen LogP contribution in [0.2, 0.25) is 0 Å². The highest BCUT2D eigenvalue weighted by Crippen LogP contribution is 2.02. The van der Waals surface area contributed by atoms with Crippen molar-refractivity contribution in [2.45, 2.75) is 13.1 Å². The number of nitrogens with zero attached hydrogens (tertiary/aromatic N) is 3. The summed E-state index contributed by atoms with van der Waals surface area (Å²) in [7, 11) is 3.43. The number of aromatic nitrogens is 2. The highest BCUT2D eigenvalue weighted by atomic mass is 16.5. The third-order valence-corrected chi connectivity index (χ3v) is 2.68. The Bertz CT molecular complexity index is 309. The van der Waals surface area contributed by atoms with Crippen LogP contribution in [0.25, 0.3) is 0 Å². The van der Waals surface area contributed by atoms with E-state index < -0.39 is 0 Å². The van der Waals surface area contributed by atoms with Crippen molar-refractivity contribution in [2.75, 3.05) is 47.1 Å². The van der Waals surface area contributed by atoms with E-state index in [0.29, 0.717) is 19.8 Å². The monoisotopic (exact) mass is 256 g/mol. The maximum atomic E-state index is 5.51. The number of hydrogen-bond donors (Lipinski definition) is 1. The fourth-order valence-electron chi connectivity index (χ4n) is 1.70. The lowest BCUT2D eigenvalue weighted by Gasteiger charge is -2.20. The Morgan fingerprint density at radius 1 is 1.28 bits per heavy atom. The molecule has 0 saturated carbocycles. The Labute approximate surface area is 109 Å². The van der Waals surface area contributed by atoms with Crippen molar-refractivity contribution in [3.8, 4) is 0 Å². The van der Waals surface area contributed by atoms with Crippen molar-refractivity contribution in [3.05, 3.63) is 18.2 Å². The predicted molar refractivity (Wildman–Crippen MR) is 70.3 cm³/mol. The molecule has 0 spiro atoms. The van der Waals surface area contributed by atoms with E-state index in [2.05, 4.69) is 9.88 Å².